The minimum Gasteiger partial charge on any atom is -0.247 e. The molecule has 2 unspecified atom stereocenters. The third kappa shape index (κ3) is 13.4. The molecule has 0 radical (unpaired) electrons. The lowest BCUT2D eigenvalue weighted by molar-refractivity contribution is -0.727. The number of H-pyrrole nitrogens is 1. The Hall–Kier alpha value is -0.790. The van der Waals surface area contributed by atoms with Crippen molar-refractivity contribution in [1.82, 2.24) is 4.98 Å². The van der Waals surface area contributed by atoms with E-state index in [1.807, 2.05) is 0 Å². The van der Waals surface area contributed by atoms with Crippen LogP contribution in [0.4, 0.5) is 0 Å². The van der Waals surface area contributed by atoms with Crippen molar-refractivity contribution in [2.24, 2.45) is 0 Å². The number of aromatic amines is 1. The van der Waals surface area contributed by atoms with E-state index in [2.05, 4.69) is 49.6 Å². The summed E-state index contributed by atoms with van der Waals surface area (Å²) in [6.07, 6.45) is 32.5. The third-order valence-corrected chi connectivity index (χ3v) is 7.12. The highest BCUT2D eigenvalue weighted by Crippen LogP contribution is 2.26. The molecular weight excluding hydrogens is 376 g/mol. The summed E-state index contributed by atoms with van der Waals surface area (Å²) in [7, 11) is 0. The summed E-state index contributed by atoms with van der Waals surface area (Å²) in [5.41, 5.74) is 0. The number of nitrogens with zero attached hydrogens (tertiary/aromatic N) is 1. The van der Waals surface area contributed by atoms with E-state index >= 15 is 0 Å². The average molecular weight is 434 g/mol. The molecule has 0 aliphatic heterocycles. The topological polar surface area (TPSA) is 19.7 Å². The van der Waals surface area contributed by atoms with Crippen molar-refractivity contribution in [2.45, 2.75) is 168 Å². The Kier molecular flexibility index (Phi) is 18.1. The molecule has 0 saturated heterocycles. The molecule has 2 atom stereocenters. The number of imidazole rings is 1. The maximum Gasteiger partial charge on any atom is 0.257 e. The molecule has 2 nitrogen and oxygen atoms in total. The molecule has 0 spiro atoms. The van der Waals surface area contributed by atoms with Crippen LogP contribution in [-0.4, -0.2) is 4.98 Å². The molecule has 1 aromatic heterocycles. The van der Waals surface area contributed by atoms with Gasteiger partial charge >= 0.3 is 0 Å². The lowest BCUT2D eigenvalue weighted by Gasteiger charge is -2.17. The monoisotopic (exact) mass is 433 g/mol. The maximum absolute atomic E-state index is 3.63. The highest BCUT2D eigenvalue weighted by molar-refractivity contribution is 4.90. The van der Waals surface area contributed by atoms with Crippen LogP contribution >= 0.6 is 0 Å². The molecule has 1 heterocycles. The number of hydrogen-bond acceptors (Lipinski definition) is 0. The van der Waals surface area contributed by atoms with Crippen LogP contribution in [0.3, 0.4) is 0 Å². The van der Waals surface area contributed by atoms with Crippen LogP contribution in [-0.2, 0) is 0 Å². The van der Waals surface area contributed by atoms with Gasteiger partial charge < -0.3 is 0 Å². The van der Waals surface area contributed by atoms with E-state index in [-0.39, 0.29) is 0 Å². The fraction of sp³-hybridized carbons (Fsp3) is 0.897. The summed E-state index contributed by atoms with van der Waals surface area (Å²) in [6.45, 7) is 9.31. The number of hydrogen-bond donors (Lipinski definition) is 1. The van der Waals surface area contributed by atoms with Crippen LogP contribution in [0.25, 0.3) is 0 Å². The lowest BCUT2D eigenvalue weighted by Crippen LogP contribution is -2.41. The van der Waals surface area contributed by atoms with Crippen molar-refractivity contribution < 1.29 is 4.57 Å². The van der Waals surface area contributed by atoms with E-state index in [1.165, 1.54) is 134 Å². The van der Waals surface area contributed by atoms with Gasteiger partial charge in [0.1, 0.15) is 12.4 Å². The summed E-state index contributed by atoms with van der Waals surface area (Å²) in [5, 5.41) is 0. The molecule has 2 heteroatoms. The minimum atomic E-state index is 0.617. The van der Waals surface area contributed by atoms with Gasteiger partial charge in [-0.3, -0.25) is 0 Å². The summed E-state index contributed by atoms with van der Waals surface area (Å²) < 4.78 is 2.54. The number of unbranched alkanes of at least 4 members (excludes halogenated alkanes) is 14. The molecule has 31 heavy (non-hydrogen) atoms. The molecule has 0 aliphatic carbocycles. The molecule has 182 valence electrons. The van der Waals surface area contributed by atoms with Crippen molar-refractivity contribution in [3.05, 3.63) is 18.2 Å². The lowest BCUT2D eigenvalue weighted by atomic mass is 9.93. The molecule has 1 N–H and O–H groups in total. The van der Waals surface area contributed by atoms with Crippen LogP contribution in [0.2, 0.25) is 0 Å². The predicted molar refractivity (Wildman–Crippen MR) is 138 cm³/mol. The molecule has 0 fully saturated rings. The molecule has 1 aromatic rings. The molecule has 0 saturated carbocycles. The Morgan fingerprint density at radius 1 is 0.613 bits per heavy atom. The van der Waals surface area contributed by atoms with Gasteiger partial charge in [-0.25, -0.2) is 9.55 Å². The highest BCUT2D eigenvalue weighted by Gasteiger charge is 2.24. The van der Waals surface area contributed by atoms with Gasteiger partial charge in [0.15, 0.2) is 0 Å². The number of rotatable bonds is 22. The molecule has 0 amide bonds. The Morgan fingerprint density at radius 2 is 1.06 bits per heavy atom. The first-order valence-electron chi connectivity index (χ1n) is 14.3. The van der Waals surface area contributed by atoms with Crippen molar-refractivity contribution in [3.8, 4) is 0 Å². The van der Waals surface area contributed by atoms with Crippen molar-refractivity contribution >= 4 is 0 Å². The predicted octanol–water partition coefficient (Wildman–Crippen LogP) is 9.81. The molecular formula is C29H57N2+. The van der Waals surface area contributed by atoms with Crippen LogP contribution in [0.15, 0.2) is 12.4 Å². The highest BCUT2D eigenvalue weighted by atomic mass is 15.1. The fourth-order valence-corrected chi connectivity index (χ4v) is 5.09. The van der Waals surface area contributed by atoms with Crippen LogP contribution in [0, 0.1) is 0 Å². The first-order valence-corrected chi connectivity index (χ1v) is 14.3. The van der Waals surface area contributed by atoms with E-state index in [4.69, 9.17) is 0 Å². The Morgan fingerprint density at radius 3 is 1.58 bits per heavy atom. The van der Waals surface area contributed by atoms with E-state index in [1.54, 1.807) is 0 Å². The molecule has 0 bridgehead atoms. The first kappa shape index (κ1) is 28.2. The van der Waals surface area contributed by atoms with Gasteiger partial charge in [0, 0.05) is 0 Å². The van der Waals surface area contributed by atoms with E-state index in [9.17, 15) is 0 Å². The van der Waals surface area contributed by atoms with E-state index < -0.39 is 0 Å². The summed E-state index contributed by atoms with van der Waals surface area (Å²) in [6, 6.07) is 0.617. The zero-order valence-corrected chi connectivity index (χ0v) is 21.9. The molecule has 0 aromatic carbocycles. The van der Waals surface area contributed by atoms with Crippen LogP contribution in [0.5, 0.6) is 0 Å². The zero-order valence-electron chi connectivity index (χ0n) is 21.9. The SMILES string of the molecule is CCCCCCCCCCCCCCCC(CCCCC)c1[nH]cc[n+]1C(C)CCC. The van der Waals surface area contributed by atoms with Gasteiger partial charge in [-0.1, -0.05) is 130 Å². The quantitative estimate of drug-likeness (QED) is 0.139. The first-order chi connectivity index (χ1) is 15.2. The summed E-state index contributed by atoms with van der Waals surface area (Å²) >= 11 is 0. The van der Waals surface area contributed by atoms with Crippen LogP contribution in [0.1, 0.15) is 174 Å². The molecule has 1 rings (SSSR count). The third-order valence-electron chi connectivity index (χ3n) is 7.12. The summed E-state index contributed by atoms with van der Waals surface area (Å²) in [5.74, 6) is 2.21. The van der Waals surface area contributed by atoms with Gasteiger partial charge in [0.05, 0.1) is 12.0 Å². The van der Waals surface area contributed by atoms with Crippen molar-refractivity contribution in [1.29, 1.82) is 0 Å². The Bertz CT molecular complexity index is 493. The van der Waals surface area contributed by atoms with Gasteiger partial charge in [-0.15, -0.1) is 0 Å². The van der Waals surface area contributed by atoms with Crippen molar-refractivity contribution in [3.63, 3.8) is 0 Å². The van der Waals surface area contributed by atoms with Gasteiger partial charge in [0.25, 0.3) is 5.82 Å². The second-order valence-corrected chi connectivity index (χ2v) is 10.1. The zero-order chi connectivity index (χ0) is 22.6. The van der Waals surface area contributed by atoms with E-state index in [0.29, 0.717) is 12.0 Å². The minimum absolute atomic E-state index is 0.617. The smallest absolute Gasteiger partial charge is 0.247 e. The second-order valence-electron chi connectivity index (χ2n) is 10.1. The largest absolute Gasteiger partial charge is 0.257 e. The Balaban J connectivity index is 2.24. The summed E-state index contributed by atoms with van der Waals surface area (Å²) in [4.78, 5) is 3.63. The fourth-order valence-electron chi connectivity index (χ4n) is 5.09. The normalized spacial score (nSPS) is 13.5. The second kappa shape index (κ2) is 19.9. The Labute approximate surface area is 196 Å². The van der Waals surface area contributed by atoms with Crippen LogP contribution < -0.4 is 4.57 Å². The number of aromatic nitrogens is 2. The number of nitrogens with one attached hydrogen (secondary N) is 1. The maximum atomic E-state index is 3.63. The van der Waals surface area contributed by atoms with Gasteiger partial charge in [-0.05, 0) is 26.2 Å². The van der Waals surface area contributed by atoms with Crippen molar-refractivity contribution in [2.75, 3.05) is 0 Å². The average Bonchev–Trinajstić information content (AvgIpc) is 3.26. The van der Waals surface area contributed by atoms with Gasteiger partial charge in [-0.2, -0.15) is 0 Å². The van der Waals surface area contributed by atoms with Gasteiger partial charge in [0.2, 0.25) is 0 Å². The standard InChI is InChI=1S/C29H56N2/c1-5-8-10-11-12-13-14-15-16-17-18-19-21-24-28(23-20-9-6-2)29-30-25-26-31(29)27(4)22-7-3/h25-28H,5-24H2,1-4H3/p+1. The molecule has 0 aliphatic rings. The van der Waals surface area contributed by atoms with E-state index in [0.717, 1.165) is 0 Å².